The van der Waals surface area contributed by atoms with Gasteiger partial charge in [-0.1, -0.05) is 42.6 Å². The predicted molar refractivity (Wildman–Crippen MR) is 139 cm³/mol. The van der Waals surface area contributed by atoms with Gasteiger partial charge in [0.2, 0.25) is 0 Å². The molecule has 0 atom stereocenters. The Bertz CT molecular complexity index is 1180. The first-order valence-electron chi connectivity index (χ1n) is 11.5. The van der Waals surface area contributed by atoms with Crippen LogP contribution in [0.2, 0.25) is 5.02 Å². The molecule has 0 unspecified atom stereocenters. The molecule has 1 fully saturated rings. The molecule has 10 heteroatoms. The normalized spacial score (nSPS) is 14.3. The highest BCUT2D eigenvalue weighted by Crippen LogP contribution is 2.35. The number of nitrogens with zero attached hydrogens (tertiary/aromatic N) is 4. The Kier molecular flexibility index (Phi) is 8.65. The van der Waals surface area contributed by atoms with Crippen LogP contribution in [0, 0.1) is 0 Å². The van der Waals surface area contributed by atoms with E-state index in [1.54, 1.807) is 32.4 Å². The highest BCUT2D eigenvalue weighted by atomic mass is 35.5. The molecule has 184 valence electrons. The number of nitrogens with one attached hydrogen (secondary N) is 1. The van der Waals surface area contributed by atoms with Crippen LogP contribution in [0.25, 0.3) is 11.4 Å². The van der Waals surface area contributed by atoms with E-state index in [4.69, 9.17) is 21.1 Å². The van der Waals surface area contributed by atoms with Gasteiger partial charge in [0, 0.05) is 22.2 Å². The highest BCUT2D eigenvalue weighted by Gasteiger charge is 2.24. The van der Waals surface area contributed by atoms with Crippen LogP contribution in [0.3, 0.4) is 0 Å². The molecule has 2 aromatic carbocycles. The van der Waals surface area contributed by atoms with Gasteiger partial charge in [0.1, 0.15) is 11.5 Å². The summed E-state index contributed by atoms with van der Waals surface area (Å²) in [6.45, 7) is 0. The summed E-state index contributed by atoms with van der Waals surface area (Å²) >= 11 is 7.43. The van der Waals surface area contributed by atoms with Crippen LogP contribution in [-0.2, 0) is 4.79 Å². The molecular formula is C25H28ClN5O3S. The minimum absolute atomic E-state index is 0.165. The Labute approximate surface area is 214 Å². The van der Waals surface area contributed by atoms with Gasteiger partial charge in [-0.05, 0) is 55.3 Å². The zero-order valence-corrected chi connectivity index (χ0v) is 21.3. The van der Waals surface area contributed by atoms with Crippen molar-refractivity contribution >= 4 is 35.5 Å². The van der Waals surface area contributed by atoms with E-state index in [-0.39, 0.29) is 11.7 Å². The first-order valence-corrected chi connectivity index (χ1v) is 12.8. The lowest BCUT2D eigenvalue weighted by atomic mass is 9.95. The van der Waals surface area contributed by atoms with Gasteiger partial charge < -0.3 is 9.47 Å². The van der Waals surface area contributed by atoms with Crippen LogP contribution in [0.1, 0.15) is 43.7 Å². The molecule has 4 rings (SSSR count). The van der Waals surface area contributed by atoms with Gasteiger partial charge in [-0.25, -0.2) is 5.43 Å². The van der Waals surface area contributed by atoms with Crippen LogP contribution >= 0.6 is 23.4 Å². The van der Waals surface area contributed by atoms with Crippen molar-refractivity contribution in [3.63, 3.8) is 0 Å². The van der Waals surface area contributed by atoms with Crippen molar-refractivity contribution in [2.75, 3.05) is 20.0 Å². The summed E-state index contributed by atoms with van der Waals surface area (Å²) in [4.78, 5) is 12.5. The number of rotatable bonds is 9. The number of benzene rings is 2. The summed E-state index contributed by atoms with van der Waals surface area (Å²) in [7, 11) is 3.17. The van der Waals surface area contributed by atoms with Gasteiger partial charge >= 0.3 is 0 Å². The van der Waals surface area contributed by atoms with E-state index in [9.17, 15) is 4.79 Å². The standard InChI is InChI=1S/C25H28ClN5O3S/c1-33-21-12-13-22(34-2)18(14-21)15-27-28-23(32)16-35-25-30-29-24(17-8-10-19(26)11-9-17)31(25)20-6-4-3-5-7-20/h8-15,20H,3-7,16H2,1-2H3,(H,28,32)/b27-15-. The van der Waals surface area contributed by atoms with E-state index in [1.165, 1.54) is 37.2 Å². The van der Waals surface area contributed by atoms with E-state index in [0.29, 0.717) is 28.1 Å². The fraction of sp³-hybridized carbons (Fsp3) is 0.360. The van der Waals surface area contributed by atoms with Gasteiger partial charge in [-0.3, -0.25) is 9.36 Å². The van der Waals surface area contributed by atoms with Crippen LogP contribution < -0.4 is 14.9 Å². The molecular weight excluding hydrogens is 486 g/mol. The number of ether oxygens (including phenoxy) is 2. The molecule has 1 aromatic heterocycles. The van der Waals surface area contributed by atoms with E-state index in [0.717, 1.165) is 29.4 Å². The topological polar surface area (TPSA) is 90.6 Å². The Hall–Kier alpha value is -3.04. The molecule has 1 saturated carbocycles. The summed E-state index contributed by atoms with van der Waals surface area (Å²) in [5.74, 6) is 2.04. The molecule has 1 amide bonds. The molecule has 0 radical (unpaired) electrons. The number of aromatic nitrogens is 3. The summed E-state index contributed by atoms with van der Waals surface area (Å²) in [6.07, 6.45) is 7.28. The molecule has 8 nitrogen and oxygen atoms in total. The summed E-state index contributed by atoms with van der Waals surface area (Å²) in [5, 5.41) is 14.4. The number of halogens is 1. The number of hydrazone groups is 1. The number of carbonyl (C=O) groups excluding carboxylic acids is 1. The summed E-state index contributed by atoms with van der Waals surface area (Å²) in [5.41, 5.74) is 4.23. The summed E-state index contributed by atoms with van der Waals surface area (Å²) in [6, 6.07) is 13.3. The maximum atomic E-state index is 12.5. The number of thioether (sulfide) groups is 1. The second-order valence-electron chi connectivity index (χ2n) is 8.16. The van der Waals surface area contributed by atoms with Crippen molar-refractivity contribution in [3.05, 3.63) is 53.1 Å². The third-order valence-electron chi connectivity index (χ3n) is 5.87. The van der Waals surface area contributed by atoms with Crippen molar-refractivity contribution in [2.24, 2.45) is 5.10 Å². The Morgan fingerprint density at radius 1 is 1.14 bits per heavy atom. The van der Waals surface area contributed by atoms with Crippen molar-refractivity contribution < 1.29 is 14.3 Å². The maximum absolute atomic E-state index is 12.5. The number of hydrogen-bond donors (Lipinski definition) is 1. The fourth-order valence-electron chi connectivity index (χ4n) is 4.12. The van der Waals surface area contributed by atoms with Crippen LogP contribution in [0.5, 0.6) is 11.5 Å². The average Bonchev–Trinajstić information content (AvgIpc) is 3.32. The van der Waals surface area contributed by atoms with E-state index >= 15 is 0 Å². The molecule has 1 N–H and O–H groups in total. The molecule has 3 aromatic rings. The Morgan fingerprint density at radius 3 is 2.63 bits per heavy atom. The van der Waals surface area contributed by atoms with Crippen molar-refractivity contribution in [1.82, 2.24) is 20.2 Å². The molecule has 1 heterocycles. The molecule has 0 saturated heterocycles. The monoisotopic (exact) mass is 513 g/mol. The number of methoxy groups -OCH3 is 2. The van der Waals surface area contributed by atoms with Crippen LogP contribution in [-0.4, -0.2) is 46.9 Å². The first-order chi connectivity index (χ1) is 17.1. The van der Waals surface area contributed by atoms with Gasteiger partial charge in [0.15, 0.2) is 11.0 Å². The van der Waals surface area contributed by atoms with E-state index in [1.807, 2.05) is 24.3 Å². The molecule has 0 bridgehead atoms. The fourth-order valence-corrected chi connectivity index (χ4v) is 5.04. The molecule has 1 aliphatic rings. The van der Waals surface area contributed by atoms with Crippen LogP contribution in [0.15, 0.2) is 52.7 Å². The number of amides is 1. The van der Waals surface area contributed by atoms with E-state index in [2.05, 4.69) is 25.3 Å². The zero-order chi connectivity index (χ0) is 24.6. The average molecular weight is 514 g/mol. The predicted octanol–water partition coefficient (Wildman–Crippen LogP) is 5.36. The third-order valence-corrected chi connectivity index (χ3v) is 7.06. The third kappa shape index (κ3) is 6.35. The second-order valence-corrected chi connectivity index (χ2v) is 9.54. The Balaban J connectivity index is 1.45. The lowest BCUT2D eigenvalue weighted by molar-refractivity contribution is -0.118. The van der Waals surface area contributed by atoms with E-state index < -0.39 is 0 Å². The highest BCUT2D eigenvalue weighted by molar-refractivity contribution is 7.99. The molecule has 1 aliphatic carbocycles. The summed E-state index contributed by atoms with van der Waals surface area (Å²) < 4.78 is 12.8. The minimum Gasteiger partial charge on any atom is -0.497 e. The zero-order valence-electron chi connectivity index (χ0n) is 19.7. The molecule has 35 heavy (non-hydrogen) atoms. The van der Waals surface area contributed by atoms with Gasteiger partial charge in [-0.2, -0.15) is 5.10 Å². The smallest absolute Gasteiger partial charge is 0.250 e. The second kappa shape index (κ2) is 12.1. The largest absolute Gasteiger partial charge is 0.497 e. The Morgan fingerprint density at radius 2 is 1.91 bits per heavy atom. The van der Waals surface area contributed by atoms with Crippen molar-refractivity contribution in [2.45, 2.75) is 43.3 Å². The van der Waals surface area contributed by atoms with Crippen molar-refractivity contribution in [1.29, 1.82) is 0 Å². The maximum Gasteiger partial charge on any atom is 0.250 e. The van der Waals surface area contributed by atoms with Gasteiger partial charge in [0.25, 0.3) is 5.91 Å². The number of carbonyl (C=O) groups is 1. The molecule has 0 aliphatic heterocycles. The van der Waals surface area contributed by atoms with Crippen molar-refractivity contribution in [3.8, 4) is 22.9 Å². The quantitative estimate of drug-likeness (QED) is 0.235. The molecule has 0 spiro atoms. The number of hydrogen-bond acceptors (Lipinski definition) is 7. The SMILES string of the molecule is COc1ccc(OC)c(/C=N\NC(=O)CSc2nnc(-c3ccc(Cl)cc3)n2C2CCCCC2)c1. The van der Waals surface area contributed by atoms with Crippen LogP contribution in [0.4, 0.5) is 0 Å². The lowest BCUT2D eigenvalue weighted by Crippen LogP contribution is -2.20. The lowest BCUT2D eigenvalue weighted by Gasteiger charge is -2.25. The first kappa shape index (κ1) is 25.1. The van der Waals surface area contributed by atoms with Gasteiger partial charge in [-0.15, -0.1) is 10.2 Å². The van der Waals surface area contributed by atoms with Gasteiger partial charge in [0.05, 0.1) is 26.2 Å². The minimum atomic E-state index is -0.237.